The van der Waals surface area contributed by atoms with Crippen LogP contribution in [0.1, 0.15) is 55.0 Å². The molecule has 0 bridgehead atoms. The molecule has 6 nitrogen and oxygen atoms in total. The topological polar surface area (TPSA) is 81.8 Å². The Labute approximate surface area is 228 Å². The molecule has 0 amide bonds. The fourth-order valence-electron chi connectivity index (χ4n) is 5.65. The summed E-state index contributed by atoms with van der Waals surface area (Å²) in [6, 6.07) is 23.0. The number of benzene rings is 3. The Morgan fingerprint density at radius 1 is 0.949 bits per heavy atom. The van der Waals surface area contributed by atoms with Crippen molar-refractivity contribution in [2.24, 2.45) is 5.92 Å². The molecule has 1 N–H and O–H groups in total. The molecule has 1 aliphatic carbocycles. The number of aromatic nitrogens is 1. The predicted molar refractivity (Wildman–Crippen MR) is 149 cm³/mol. The van der Waals surface area contributed by atoms with Gasteiger partial charge in [0.15, 0.2) is 17.3 Å². The number of fused-ring (bicyclic) bond motifs is 1. The van der Waals surface area contributed by atoms with Crippen LogP contribution >= 0.6 is 0 Å². The molecular formula is C33H33NO5. The number of aliphatic carboxylic acids is 1. The first-order valence-corrected chi connectivity index (χ1v) is 13.7. The van der Waals surface area contributed by atoms with Crippen molar-refractivity contribution in [3.05, 3.63) is 89.1 Å². The van der Waals surface area contributed by atoms with Crippen molar-refractivity contribution in [3.8, 4) is 33.9 Å². The monoisotopic (exact) mass is 523 g/mol. The highest BCUT2D eigenvalue weighted by molar-refractivity contribution is 5.72. The zero-order valence-electron chi connectivity index (χ0n) is 22.4. The first kappa shape index (κ1) is 25.2. The number of carboxylic acids is 1. The van der Waals surface area contributed by atoms with Crippen molar-refractivity contribution in [2.45, 2.75) is 57.8 Å². The molecule has 4 aromatic rings. The summed E-state index contributed by atoms with van der Waals surface area (Å²) < 4.78 is 16.7. The Morgan fingerprint density at radius 2 is 1.62 bits per heavy atom. The maximum atomic E-state index is 11.3. The lowest BCUT2D eigenvalue weighted by Gasteiger charge is -2.14. The van der Waals surface area contributed by atoms with E-state index in [1.54, 1.807) is 0 Å². The zero-order chi connectivity index (χ0) is 27.0. The molecule has 0 saturated heterocycles. The summed E-state index contributed by atoms with van der Waals surface area (Å²) in [5.41, 5.74) is 7.56. The van der Waals surface area contributed by atoms with Crippen LogP contribution in [0.5, 0.6) is 11.5 Å². The zero-order valence-corrected chi connectivity index (χ0v) is 22.4. The molecule has 200 valence electrons. The minimum absolute atomic E-state index is 0.170. The lowest BCUT2D eigenvalue weighted by atomic mass is 9.90. The summed E-state index contributed by atoms with van der Waals surface area (Å²) in [6.45, 7) is 4.59. The summed E-state index contributed by atoms with van der Waals surface area (Å²) in [7, 11) is 0. The van der Waals surface area contributed by atoms with E-state index in [4.69, 9.17) is 14.0 Å². The summed E-state index contributed by atoms with van der Waals surface area (Å²) >= 11 is 0. The first-order valence-electron chi connectivity index (χ1n) is 13.7. The SMILES string of the molecule is Cc1noc(-c2ccc(-c3ccc(C4(CC(=O)O)CC4)cc3)cc2)c1CC(C)CCc1ccc2c(c1)OCO2. The number of rotatable bonds is 10. The van der Waals surface area contributed by atoms with Crippen LogP contribution in [-0.2, 0) is 23.1 Å². The molecule has 6 rings (SSSR count). The molecule has 3 aromatic carbocycles. The highest BCUT2D eigenvalue weighted by atomic mass is 16.7. The van der Waals surface area contributed by atoms with E-state index in [1.807, 2.05) is 13.0 Å². The molecule has 6 heteroatoms. The van der Waals surface area contributed by atoms with Crippen molar-refractivity contribution < 1.29 is 23.9 Å². The molecule has 1 atom stereocenters. The van der Waals surface area contributed by atoms with Gasteiger partial charge in [-0.25, -0.2) is 0 Å². The van der Waals surface area contributed by atoms with Crippen LogP contribution in [0.3, 0.4) is 0 Å². The predicted octanol–water partition coefficient (Wildman–Crippen LogP) is 7.36. The second-order valence-corrected chi connectivity index (χ2v) is 11.1. The van der Waals surface area contributed by atoms with Gasteiger partial charge in [-0.3, -0.25) is 4.79 Å². The fourth-order valence-corrected chi connectivity index (χ4v) is 5.65. The normalized spacial score (nSPS) is 15.7. The minimum atomic E-state index is -0.728. The molecule has 0 spiro atoms. The number of aryl methyl sites for hydroxylation is 2. The smallest absolute Gasteiger partial charge is 0.304 e. The molecule has 1 aliphatic heterocycles. The molecule has 2 aliphatic rings. The summed E-state index contributed by atoms with van der Waals surface area (Å²) in [5, 5.41) is 13.5. The average molecular weight is 524 g/mol. The highest BCUT2D eigenvalue weighted by Crippen LogP contribution is 2.51. The van der Waals surface area contributed by atoms with E-state index in [0.29, 0.717) is 12.7 Å². The Kier molecular flexibility index (Phi) is 6.63. The number of carbonyl (C=O) groups is 1. The standard InChI is InChI=1S/C33H33NO5/c1-21(3-4-23-5-14-29-30(18-23)38-20-37-29)17-28-22(2)34-39-32(28)26-8-6-24(7-9-26)25-10-12-27(13-11-25)33(15-16-33)19-31(35)36/h5-14,18,21H,3-4,15-17,19-20H2,1-2H3,(H,35,36). The van der Waals surface area contributed by atoms with E-state index < -0.39 is 5.97 Å². The molecule has 2 heterocycles. The van der Waals surface area contributed by atoms with Crippen LogP contribution in [0.4, 0.5) is 0 Å². The number of hydrogen-bond acceptors (Lipinski definition) is 5. The summed E-state index contributed by atoms with van der Waals surface area (Å²) in [6.07, 6.45) is 5.02. The van der Waals surface area contributed by atoms with Gasteiger partial charge in [0, 0.05) is 16.5 Å². The van der Waals surface area contributed by atoms with Crippen LogP contribution in [0.25, 0.3) is 22.5 Å². The molecule has 1 aromatic heterocycles. The van der Waals surface area contributed by atoms with Gasteiger partial charge >= 0.3 is 5.97 Å². The van der Waals surface area contributed by atoms with Gasteiger partial charge < -0.3 is 19.1 Å². The quantitative estimate of drug-likeness (QED) is 0.234. The maximum Gasteiger partial charge on any atom is 0.304 e. The maximum absolute atomic E-state index is 11.3. The molecule has 0 radical (unpaired) electrons. The van der Waals surface area contributed by atoms with Gasteiger partial charge in [-0.2, -0.15) is 0 Å². The largest absolute Gasteiger partial charge is 0.481 e. The Balaban J connectivity index is 1.12. The molecule has 1 unspecified atom stereocenters. The summed E-state index contributed by atoms with van der Waals surface area (Å²) in [4.78, 5) is 11.3. The van der Waals surface area contributed by atoms with Crippen LogP contribution < -0.4 is 9.47 Å². The van der Waals surface area contributed by atoms with Crippen molar-refractivity contribution in [2.75, 3.05) is 6.79 Å². The highest BCUT2D eigenvalue weighted by Gasteiger charge is 2.45. The Hall–Kier alpha value is -4.06. The van der Waals surface area contributed by atoms with Crippen molar-refractivity contribution in [3.63, 3.8) is 0 Å². The van der Waals surface area contributed by atoms with Gasteiger partial charge in [0.25, 0.3) is 0 Å². The Morgan fingerprint density at radius 3 is 2.31 bits per heavy atom. The lowest BCUT2D eigenvalue weighted by molar-refractivity contribution is -0.137. The van der Waals surface area contributed by atoms with Crippen molar-refractivity contribution in [1.82, 2.24) is 5.16 Å². The van der Waals surface area contributed by atoms with E-state index in [1.165, 1.54) is 11.1 Å². The molecule has 1 saturated carbocycles. The van der Waals surface area contributed by atoms with Crippen LogP contribution in [0.15, 0.2) is 71.3 Å². The summed E-state index contributed by atoms with van der Waals surface area (Å²) in [5.74, 6) is 2.23. The second-order valence-electron chi connectivity index (χ2n) is 11.1. The minimum Gasteiger partial charge on any atom is -0.481 e. The van der Waals surface area contributed by atoms with E-state index in [0.717, 1.165) is 77.3 Å². The third-order valence-electron chi connectivity index (χ3n) is 8.22. The molecular weight excluding hydrogens is 490 g/mol. The van der Waals surface area contributed by atoms with Gasteiger partial charge in [0.1, 0.15) is 0 Å². The lowest BCUT2D eigenvalue weighted by Crippen LogP contribution is -2.12. The van der Waals surface area contributed by atoms with Crippen molar-refractivity contribution >= 4 is 5.97 Å². The van der Waals surface area contributed by atoms with Crippen LogP contribution in [-0.4, -0.2) is 23.0 Å². The van der Waals surface area contributed by atoms with E-state index >= 15 is 0 Å². The first-order chi connectivity index (χ1) is 18.9. The molecule has 39 heavy (non-hydrogen) atoms. The number of ether oxygens (including phenoxy) is 2. The van der Waals surface area contributed by atoms with Gasteiger partial charge in [-0.1, -0.05) is 66.7 Å². The van der Waals surface area contributed by atoms with E-state index in [9.17, 15) is 9.90 Å². The van der Waals surface area contributed by atoms with Gasteiger partial charge in [0.2, 0.25) is 6.79 Å². The van der Waals surface area contributed by atoms with Crippen molar-refractivity contribution in [1.29, 1.82) is 0 Å². The number of hydrogen-bond donors (Lipinski definition) is 1. The second kappa shape index (κ2) is 10.3. The van der Waals surface area contributed by atoms with Gasteiger partial charge in [-0.15, -0.1) is 0 Å². The number of carboxylic acid groups (broad SMARTS) is 1. The van der Waals surface area contributed by atoms with E-state index in [2.05, 4.69) is 72.7 Å². The average Bonchev–Trinajstić information content (AvgIpc) is 3.40. The third kappa shape index (κ3) is 5.29. The van der Waals surface area contributed by atoms with Crippen LogP contribution in [0, 0.1) is 12.8 Å². The molecule has 1 fully saturated rings. The van der Waals surface area contributed by atoms with Gasteiger partial charge in [-0.05, 0) is 79.3 Å². The fraction of sp³-hybridized carbons (Fsp3) is 0.333. The van der Waals surface area contributed by atoms with E-state index in [-0.39, 0.29) is 11.8 Å². The third-order valence-corrected chi connectivity index (χ3v) is 8.22. The van der Waals surface area contributed by atoms with Gasteiger partial charge in [0.05, 0.1) is 12.1 Å². The number of nitrogens with zero attached hydrogens (tertiary/aromatic N) is 1. The Bertz CT molecular complexity index is 1480. The van der Waals surface area contributed by atoms with Crippen LogP contribution in [0.2, 0.25) is 0 Å².